The number of nitrogen functional groups attached to an aromatic ring is 1. The van der Waals surface area contributed by atoms with Crippen molar-refractivity contribution in [3.05, 3.63) is 12.4 Å². The van der Waals surface area contributed by atoms with Gasteiger partial charge in [-0.15, -0.1) is 0 Å². The fourth-order valence-corrected chi connectivity index (χ4v) is 1.69. The van der Waals surface area contributed by atoms with Gasteiger partial charge in [-0.05, 0) is 19.3 Å². The molecule has 1 fully saturated rings. The average Bonchev–Trinajstić information content (AvgIpc) is 2.48. The third-order valence-corrected chi connectivity index (χ3v) is 2.97. The van der Waals surface area contributed by atoms with Gasteiger partial charge in [-0.25, -0.2) is 0 Å². The van der Waals surface area contributed by atoms with Crippen LogP contribution in [0.3, 0.4) is 0 Å². The molecular weight excluding hydrogens is 192 g/mol. The molecule has 1 aliphatic carbocycles. The van der Waals surface area contributed by atoms with E-state index in [4.69, 9.17) is 5.73 Å². The molecule has 2 N–H and O–H groups in total. The van der Waals surface area contributed by atoms with Crippen LogP contribution in [0, 0.1) is 0 Å². The molecule has 0 bridgehead atoms. The summed E-state index contributed by atoms with van der Waals surface area (Å²) in [5.74, 6) is 0.0998. The molecular formula is C10H16N4O. The molecule has 1 heterocycles. The lowest BCUT2D eigenvalue weighted by atomic mass is 9.92. The Balaban J connectivity index is 1.91. The maximum Gasteiger partial charge on any atom is 0.244 e. The number of amides is 1. The van der Waals surface area contributed by atoms with Gasteiger partial charge in [-0.2, -0.15) is 5.10 Å². The Morgan fingerprint density at radius 2 is 2.47 bits per heavy atom. The smallest absolute Gasteiger partial charge is 0.244 e. The molecule has 1 saturated carbocycles. The molecule has 1 amide bonds. The number of hydrogen-bond acceptors (Lipinski definition) is 3. The van der Waals surface area contributed by atoms with E-state index in [0.29, 0.717) is 11.7 Å². The van der Waals surface area contributed by atoms with E-state index >= 15 is 0 Å². The highest BCUT2D eigenvalue weighted by Crippen LogP contribution is 2.23. The molecule has 5 nitrogen and oxygen atoms in total. The zero-order valence-electron chi connectivity index (χ0n) is 8.89. The standard InChI is InChI=1S/C10H16N4O/c1-13(9-3-2-4-9)10(15)7-14-6-8(11)5-12-14/h5-6,9H,2-4,7,11H2,1H3. The van der Waals surface area contributed by atoms with Crippen molar-refractivity contribution in [2.75, 3.05) is 12.8 Å². The quantitative estimate of drug-likeness (QED) is 0.785. The summed E-state index contributed by atoms with van der Waals surface area (Å²) in [5, 5.41) is 3.99. The maximum atomic E-state index is 11.8. The van der Waals surface area contributed by atoms with Crippen molar-refractivity contribution >= 4 is 11.6 Å². The Bertz CT molecular complexity index is 356. The van der Waals surface area contributed by atoms with Gasteiger partial charge in [0, 0.05) is 19.3 Å². The number of carbonyl (C=O) groups excluding carboxylic acids is 1. The number of likely N-dealkylation sites (N-methyl/N-ethyl adjacent to an activating group) is 1. The molecule has 0 radical (unpaired) electrons. The summed E-state index contributed by atoms with van der Waals surface area (Å²) in [6.07, 6.45) is 6.72. The normalized spacial score (nSPS) is 16.1. The van der Waals surface area contributed by atoms with Crippen LogP contribution in [0.5, 0.6) is 0 Å². The van der Waals surface area contributed by atoms with Gasteiger partial charge >= 0.3 is 0 Å². The van der Waals surface area contributed by atoms with Crippen molar-refractivity contribution in [2.45, 2.75) is 31.8 Å². The van der Waals surface area contributed by atoms with Crippen molar-refractivity contribution < 1.29 is 4.79 Å². The Morgan fingerprint density at radius 1 is 1.73 bits per heavy atom. The van der Waals surface area contributed by atoms with Gasteiger partial charge in [0.05, 0.1) is 11.9 Å². The molecule has 82 valence electrons. The Hall–Kier alpha value is -1.52. The Labute approximate surface area is 88.8 Å². The predicted octanol–water partition coefficient (Wildman–Crippen LogP) is 0.476. The summed E-state index contributed by atoms with van der Waals surface area (Å²) in [5.41, 5.74) is 6.11. The molecule has 0 aliphatic heterocycles. The summed E-state index contributed by atoms with van der Waals surface area (Å²) in [4.78, 5) is 13.6. The zero-order valence-corrected chi connectivity index (χ0v) is 8.89. The SMILES string of the molecule is CN(C(=O)Cn1cc(N)cn1)C1CCC1. The van der Waals surface area contributed by atoms with Crippen molar-refractivity contribution in [1.82, 2.24) is 14.7 Å². The maximum absolute atomic E-state index is 11.8. The molecule has 0 saturated heterocycles. The summed E-state index contributed by atoms with van der Waals surface area (Å²) >= 11 is 0. The first-order chi connectivity index (χ1) is 7.16. The van der Waals surface area contributed by atoms with E-state index in [1.165, 1.54) is 6.42 Å². The van der Waals surface area contributed by atoms with Gasteiger partial charge in [0.1, 0.15) is 6.54 Å². The van der Waals surface area contributed by atoms with Gasteiger partial charge in [-0.3, -0.25) is 9.48 Å². The van der Waals surface area contributed by atoms with Gasteiger partial charge < -0.3 is 10.6 Å². The monoisotopic (exact) mass is 208 g/mol. The third-order valence-electron chi connectivity index (χ3n) is 2.97. The summed E-state index contributed by atoms with van der Waals surface area (Å²) in [6.45, 7) is 0.282. The van der Waals surface area contributed by atoms with Crippen LogP contribution in [-0.2, 0) is 11.3 Å². The number of rotatable bonds is 3. The van der Waals surface area contributed by atoms with Crippen LogP contribution >= 0.6 is 0 Å². The van der Waals surface area contributed by atoms with Crippen LogP contribution in [0.15, 0.2) is 12.4 Å². The summed E-state index contributed by atoms with van der Waals surface area (Å²) in [7, 11) is 1.86. The first-order valence-corrected chi connectivity index (χ1v) is 5.20. The van der Waals surface area contributed by atoms with E-state index in [-0.39, 0.29) is 12.5 Å². The van der Waals surface area contributed by atoms with E-state index < -0.39 is 0 Å². The fourth-order valence-electron chi connectivity index (χ4n) is 1.69. The van der Waals surface area contributed by atoms with Gasteiger partial charge in [0.25, 0.3) is 0 Å². The van der Waals surface area contributed by atoms with Gasteiger partial charge in [-0.1, -0.05) is 0 Å². The van der Waals surface area contributed by atoms with E-state index in [1.54, 1.807) is 17.1 Å². The molecule has 1 aromatic rings. The van der Waals surface area contributed by atoms with Crippen LogP contribution in [0.2, 0.25) is 0 Å². The van der Waals surface area contributed by atoms with Gasteiger partial charge in [0.2, 0.25) is 5.91 Å². The van der Waals surface area contributed by atoms with Crippen LogP contribution < -0.4 is 5.73 Å². The molecule has 0 aromatic carbocycles. The zero-order chi connectivity index (χ0) is 10.8. The molecule has 2 rings (SSSR count). The van der Waals surface area contributed by atoms with Crippen LogP contribution in [-0.4, -0.2) is 33.7 Å². The molecule has 5 heteroatoms. The molecule has 0 atom stereocenters. The second kappa shape index (κ2) is 3.92. The van der Waals surface area contributed by atoms with E-state index in [2.05, 4.69) is 5.10 Å². The number of aromatic nitrogens is 2. The number of nitrogens with two attached hydrogens (primary N) is 1. The largest absolute Gasteiger partial charge is 0.396 e. The minimum Gasteiger partial charge on any atom is -0.396 e. The van der Waals surface area contributed by atoms with E-state index in [9.17, 15) is 4.79 Å². The van der Waals surface area contributed by atoms with Crippen LogP contribution in [0.25, 0.3) is 0 Å². The Kier molecular flexibility index (Phi) is 2.62. The van der Waals surface area contributed by atoms with Gasteiger partial charge in [0.15, 0.2) is 0 Å². The van der Waals surface area contributed by atoms with Crippen LogP contribution in [0.4, 0.5) is 5.69 Å². The molecule has 15 heavy (non-hydrogen) atoms. The summed E-state index contributed by atoms with van der Waals surface area (Å²) < 4.78 is 1.58. The van der Waals surface area contributed by atoms with E-state index in [0.717, 1.165) is 12.8 Å². The second-order valence-electron chi connectivity index (χ2n) is 4.06. The highest BCUT2D eigenvalue weighted by molar-refractivity contribution is 5.76. The van der Waals surface area contributed by atoms with Crippen LogP contribution in [0.1, 0.15) is 19.3 Å². The number of anilines is 1. The first-order valence-electron chi connectivity index (χ1n) is 5.20. The number of hydrogen-bond donors (Lipinski definition) is 1. The molecule has 1 aliphatic rings. The number of nitrogens with zero attached hydrogens (tertiary/aromatic N) is 3. The fraction of sp³-hybridized carbons (Fsp3) is 0.600. The summed E-state index contributed by atoms with van der Waals surface area (Å²) in [6, 6.07) is 0.436. The topological polar surface area (TPSA) is 64.2 Å². The second-order valence-corrected chi connectivity index (χ2v) is 4.06. The van der Waals surface area contributed by atoms with Crippen molar-refractivity contribution in [1.29, 1.82) is 0 Å². The lowest BCUT2D eigenvalue weighted by Gasteiger charge is -2.34. The highest BCUT2D eigenvalue weighted by Gasteiger charge is 2.25. The molecule has 0 spiro atoms. The predicted molar refractivity (Wildman–Crippen MR) is 57.0 cm³/mol. The minimum absolute atomic E-state index is 0.0998. The average molecular weight is 208 g/mol. The minimum atomic E-state index is 0.0998. The third kappa shape index (κ3) is 2.11. The van der Waals surface area contributed by atoms with Crippen molar-refractivity contribution in [2.24, 2.45) is 0 Å². The first kappa shape index (κ1) is 10.0. The Morgan fingerprint density at radius 3 is 2.93 bits per heavy atom. The highest BCUT2D eigenvalue weighted by atomic mass is 16.2. The lowest BCUT2D eigenvalue weighted by Crippen LogP contribution is -2.42. The number of carbonyl (C=O) groups is 1. The molecule has 0 unspecified atom stereocenters. The van der Waals surface area contributed by atoms with Crippen molar-refractivity contribution in [3.8, 4) is 0 Å². The van der Waals surface area contributed by atoms with E-state index in [1.807, 2.05) is 11.9 Å². The lowest BCUT2D eigenvalue weighted by molar-refractivity contribution is -0.134. The van der Waals surface area contributed by atoms with Crippen molar-refractivity contribution in [3.63, 3.8) is 0 Å². The molecule has 1 aromatic heterocycles.